The predicted molar refractivity (Wildman–Crippen MR) is 77.8 cm³/mol. The van der Waals surface area contributed by atoms with Crippen molar-refractivity contribution in [2.75, 3.05) is 0 Å². The standard InChI is InChI=1S/C14H12N4O2S/c1-9-11(13(19)17-7-10-3-6-20-8-10)21-14(18-9)12-15-4-2-5-16-12/h2-6,8H,7H2,1H3,(H,17,19). The molecule has 0 aliphatic carbocycles. The molecule has 0 saturated heterocycles. The number of furan rings is 1. The number of hydrogen-bond donors (Lipinski definition) is 1. The Morgan fingerprint density at radius 3 is 2.90 bits per heavy atom. The van der Waals surface area contributed by atoms with E-state index in [4.69, 9.17) is 4.42 Å². The average Bonchev–Trinajstić information content (AvgIpc) is 3.15. The van der Waals surface area contributed by atoms with Gasteiger partial charge in [-0.2, -0.15) is 0 Å². The highest BCUT2D eigenvalue weighted by molar-refractivity contribution is 7.17. The van der Waals surface area contributed by atoms with Crippen LogP contribution in [-0.2, 0) is 6.54 Å². The molecule has 0 aliphatic rings. The molecule has 0 bridgehead atoms. The Morgan fingerprint density at radius 1 is 1.38 bits per heavy atom. The maximum Gasteiger partial charge on any atom is 0.263 e. The van der Waals surface area contributed by atoms with E-state index in [1.54, 1.807) is 37.9 Å². The summed E-state index contributed by atoms with van der Waals surface area (Å²) in [6, 6.07) is 3.55. The summed E-state index contributed by atoms with van der Waals surface area (Å²) < 4.78 is 4.96. The Balaban J connectivity index is 1.76. The summed E-state index contributed by atoms with van der Waals surface area (Å²) >= 11 is 1.29. The zero-order chi connectivity index (χ0) is 14.7. The first-order chi connectivity index (χ1) is 10.2. The second kappa shape index (κ2) is 5.84. The van der Waals surface area contributed by atoms with Gasteiger partial charge in [-0.3, -0.25) is 4.79 Å². The van der Waals surface area contributed by atoms with Crippen molar-refractivity contribution in [1.29, 1.82) is 0 Å². The summed E-state index contributed by atoms with van der Waals surface area (Å²) in [6.45, 7) is 2.22. The fraction of sp³-hybridized carbons (Fsp3) is 0.143. The number of thiazole rings is 1. The Kier molecular flexibility index (Phi) is 3.74. The highest BCUT2D eigenvalue weighted by Crippen LogP contribution is 2.25. The van der Waals surface area contributed by atoms with E-state index < -0.39 is 0 Å². The van der Waals surface area contributed by atoms with E-state index in [9.17, 15) is 4.79 Å². The van der Waals surface area contributed by atoms with Gasteiger partial charge in [0.15, 0.2) is 10.8 Å². The van der Waals surface area contributed by atoms with Gasteiger partial charge >= 0.3 is 0 Å². The smallest absolute Gasteiger partial charge is 0.263 e. The van der Waals surface area contributed by atoms with Crippen molar-refractivity contribution in [2.24, 2.45) is 0 Å². The zero-order valence-electron chi connectivity index (χ0n) is 11.2. The Hall–Kier alpha value is -2.54. The van der Waals surface area contributed by atoms with Crippen molar-refractivity contribution >= 4 is 17.2 Å². The van der Waals surface area contributed by atoms with E-state index in [0.29, 0.717) is 27.9 Å². The van der Waals surface area contributed by atoms with Gasteiger partial charge in [-0.05, 0) is 19.1 Å². The van der Waals surface area contributed by atoms with Gasteiger partial charge in [0.05, 0.1) is 18.2 Å². The van der Waals surface area contributed by atoms with Crippen LogP contribution in [0.3, 0.4) is 0 Å². The monoisotopic (exact) mass is 300 g/mol. The van der Waals surface area contributed by atoms with Crippen molar-refractivity contribution < 1.29 is 9.21 Å². The summed E-state index contributed by atoms with van der Waals surface area (Å²) in [6.07, 6.45) is 6.47. The number of amides is 1. The van der Waals surface area contributed by atoms with E-state index >= 15 is 0 Å². The van der Waals surface area contributed by atoms with Crippen LogP contribution < -0.4 is 5.32 Å². The lowest BCUT2D eigenvalue weighted by Gasteiger charge is -2.01. The number of carbonyl (C=O) groups is 1. The van der Waals surface area contributed by atoms with Gasteiger partial charge in [-0.15, -0.1) is 11.3 Å². The SMILES string of the molecule is Cc1nc(-c2ncccn2)sc1C(=O)NCc1ccoc1. The molecule has 106 valence electrons. The Bertz CT molecular complexity index is 738. The first-order valence-corrected chi connectivity index (χ1v) is 7.10. The van der Waals surface area contributed by atoms with Crippen molar-refractivity contribution in [3.05, 3.63) is 53.2 Å². The molecule has 3 aromatic rings. The number of aryl methyl sites for hydroxylation is 1. The summed E-state index contributed by atoms with van der Waals surface area (Å²) in [4.78, 5) is 25.4. The average molecular weight is 300 g/mol. The van der Waals surface area contributed by atoms with E-state index in [2.05, 4.69) is 20.3 Å². The Labute approximate surface area is 124 Å². The third-order valence-corrected chi connectivity index (χ3v) is 3.95. The summed E-state index contributed by atoms with van der Waals surface area (Å²) in [7, 11) is 0. The zero-order valence-corrected chi connectivity index (χ0v) is 12.1. The van der Waals surface area contributed by atoms with E-state index in [1.807, 2.05) is 6.07 Å². The van der Waals surface area contributed by atoms with Crippen LogP contribution >= 0.6 is 11.3 Å². The van der Waals surface area contributed by atoms with Crippen LogP contribution in [-0.4, -0.2) is 20.9 Å². The summed E-state index contributed by atoms with van der Waals surface area (Å²) in [5.74, 6) is 0.368. The van der Waals surface area contributed by atoms with Gasteiger partial charge in [0.1, 0.15) is 4.88 Å². The number of rotatable bonds is 4. The third kappa shape index (κ3) is 2.97. The molecule has 0 spiro atoms. The quantitative estimate of drug-likeness (QED) is 0.800. The fourth-order valence-electron chi connectivity index (χ4n) is 1.77. The molecular weight excluding hydrogens is 288 g/mol. The van der Waals surface area contributed by atoms with Crippen LogP contribution in [0, 0.1) is 6.92 Å². The van der Waals surface area contributed by atoms with E-state index in [1.165, 1.54) is 11.3 Å². The molecule has 0 unspecified atom stereocenters. The third-order valence-electron chi connectivity index (χ3n) is 2.79. The van der Waals surface area contributed by atoms with Crippen LogP contribution in [0.5, 0.6) is 0 Å². The van der Waals surface area contributed by atoms with Gasteiger partial charge < -0.3 is 9.73 Å². The molecule has 0 aromatic carbocycles. The molecule has 21 heavy (non-hydrogen) atoms. The van der Waals surface area contributed by atoms with Crippen molar-refractivity contribution in [3.63, 3.8) is 0 Å². The molecule has 0 atom stereocenters. The lowest BCUT2D eigenvalue weighted by molar-refractivity contribution is 0.0954. The van der Waals surface area contributed by atoms with E-state index in [0.717, 1.165) is 5.56 Å². The largest absolute Gasteiger partial charge is 0.472 e. The van der Waals surface area contributed by atoms with Crippen LogP contribution in [0.4, 0.5) is 0 Å². The van der Waals surface area contributed by atoms with E-state index in [-0.39, 0.29) is 5.91 Å². The minimum atomic E-state index is -0.159. The van der Waals surface area contributed by atoms with Crippen molar-refractivity contribution in [3.8, 4) is 10.8 Å². The number of carbonyl (C=O) groups excluding carboxylic acids is 1. The molecule has 0 radical (unpaired) electrons. The first-order valence-electron chi connectivity index (χ1n) is 6.28. The van der Waals surface area contributed by atoms with Crippen molar-refractivity contribution in [1.82, 2.24) is 20.3 Å². The molecule has 0 aliphatic heterocycles. The number of nitrogens with zero attached hydrogens (tertiary/aromatic N) is 3. The molecule has 6 nitrogen and oxygen atoms in total. The summed E-state index contributed by atoms with van der Waals surface area (Å²) in [5, 5.41) is 3.48. The predicted octanol–water partition coefficient (Wildman–Crippen LogP) is 2.43. The van der Waals surface area contributed by atoms with Gasteiger partial charge in [0.25, 0.3) is 5.91 Å². The number of aromatic nitrogens is 3. The van der Waals surface area contributed by atoms with Gasteiger partial charge in [0, 0.05) is 24.5 Å². The van der Waals surface area contributed by atoms with Crippen LogP contribution in [0.1, 0.15) is 20.9 Å². The maximum absolute atomic E-state index is 12.2. The van der Waals surface area contributed by atoms with Crippen LogP contribution in [0.2, 0.25) is 0 Å². The molecule has 0 fully saturated rings. The fourth-order valence-corrected chi connectivity index (χ4v) is 2.70. The van der Waals surface area contributed by atoms with Crippen LogP contribution in [0.25, 0.3) is 10.8 Å². The molecule has 3 heterocycles. The molecule has 7 heteroatoms. The first kappa shape index (κ1) is 13.4. The second-order valence-corrected chi connectivity index (χ2v) is 5.32. The highest BCUT2D eigenvalue weighted by Gasteiger charge is 2.17. The lowest BCUT2D eigenvalue weighted by atomic mass is 10.3. The lowest BCUT2D eigenvalue weighted by Crippen LogP contribution is -2.22. The van der Waals surface area contributed by atoms with Gasteiger partial charge in [-0.25, -0.2) is 15.0 Å². The van der Waals surface area contributed by atoms with Gasteiger partial charge in [-0.1, -0.05) is 0 Å². The minimum Gasteiger partial charge on any atom is -0.472 e. The van der Waals surface area contributed by atoms with Gasteiger partial charge in [0.2, 0.25) is 0 Å². The maximum atomic E-state index is 12.2. The van der Waals surface area contributed by atoms with Crippen molar-refractivity contribution in [2.45, 2.75) is 13.5 Å². The second-order valence-electron chi connectivity index (χ2n) is 4.32. The molecule has 1 N–H and O–H groups in total. The highest BCUT2D eigenvalue weighted by atomic mass is 32.1. The molecular formula is C14H12N4O2S. The topological polar surface area (TPSA) is 80.9 Å². The Morgan fingerprint density at radius 2 is 2.19 bits per heavy atom. The number of hydrogen-bond acceptors (Lipinski definition) is 6. The number of nitrogens with one attached hydrogen (secondary N) is 1. The van der Waals surface area contributed by atoms with Crippen LogP contribution in [0.15, 0.2) is 41.5 Å². The molecule has 3 rings (SSSR count). The normalized spacial score (nSPS) is 10.5. The minimum absolute atomic E-state index is 0.159. The molecule has 0 saturated carbocycles. The summed E-state index contributed by atoms with van der Waals surface area (Å²) in [5.41, 5.74) is 1.59. The molecule has 3 aromatic heterocycles. The molecule has 1 amide bonds.